The van der Waals surface area contributed by atoms with E-state index in [0.29, 0.717) is 12.6 Å². The number of hydrogen-bond acceptors (Lipinski definition) is 3. The quantitative estimate of drug-likeness (QED) is 0.905. The Labute approximate surface area is 124 Å². The zero-order chi connectivity index (χ0) is 14.8. The molecular formula is C13H18ClFN2O2S. The van der Waals surface area contributed by atoms with E-state index < -0.39 is 15.8 Å². The normalized spacial score (nSPS) is 20.4. The van der Waals surface area contributed by atoms with E-state index in [0.717, 1.165) is 37.9 Å². The van der Waals surface area contributed by atoms with Crippen molar-refractivity contribution in [3.05, 3.63) is 29.0 Å². The van der Waals surface area contributed by atoms with Crippen molar-refractivity contribution in [3.8, 4) is 0 Å². The summed E-state index contributed by atoms with van der Waals surface area (Å²) < 4.78 is 39.7. The number of nitrogens with zero attached hydrogens (tertiary/aromatic N) is 1. The van der Waals surface area contributed by atoms with Crippen LogP contribution in [0.3, 0.4) is 0 Å². The van der Waals surface area contributed by atoms with Gasteiger partial charge in [0, 0.05) is 12.6 Å². The maximum Gasteiger partial charge on any atom is 0.240 e. The van der Waals surface area contributed by atoms with Crippen molar-refractivity contribution in [3.63, 3.8) is 0 Å². The molecule has 1 N–H and O–H groups in total. The van der Waals surface area contributed by atoms with Gasteiger partial charge in [-0.2, -0.15) is 0 Å². The molecule has 2 rings (SSSR count). The first-order valence-electron chi connectivity index (χ1n) is 6.55. The van der Waals surface area contributed by atoms with Crippen LogP contribution in [0.4, 0.5) is 4.39 Å². The predicted octanol–water partition coefficient (Wildman–Crippen LogP) is 2.24. The zero-order valence-corrected chi connectivity index (χ0v) is 12.8. The molecule has 1 atom stereocenters. The van der Waals surface area contributed by atoms with Gasteiger partial charge in [0.25, 0.3) is 0 Å². The Hall–Kier alpha value is -0.690. The fraction of sp³-hybridized carbons (Fsp3) is 0.538. The molecule has 0 saturated carbocycles. The second-order valence-electron chi connectivity index (χ2n) is 5.04. The third kappa shape index (κ3) is 3.69. The molecule has 20 heavy (non-hydrogen) atoms. The molecule has 7 heteroatoms. The molecule has 0 aliphatic carbocycles. The lowest BCUT2D eigenvalue weighted by atomic mass is 10.1. The minimum absolute atomic E-state index is 0.0105. The average Bonchev–Trinajstić information content (AvgIpc) is 2.78. The van der Waals surface area contributed by atoms with Crippen LogP contribution in [0.2, 0.25) is 5.02 Å². The molecule has 1 aliphatic heterocycles. The number of likely N-dealkylation sites (tertiary alicyclic amines) is 1. The lowest BCUT2D eigenvalue weighted by molar-refractivity contribution is 0.297. The zero-order valence-electron chi connectivity index (χ0n) is 11.3. The summed E-state index contributed by atoms with van der Waals surface area (Å²) in [5.74, 6) is -0.627. The lowest BCUT2D eigenvalue weighted by Gasteiger charge is -2.19. The summed E-state index contributed by atoms with van der Waals surface area (Å²) in [5, 5.41) is -0.191. The van der Waals surface area contributed by atoms with Crippen molar-refractivity contribution >= 4 is 21.6 Å². The van der Waals surface area contributed by atoms with Gasteiger partial charge in [0.15, 0.2) is 0 Å². The van der Waals surface area contributed by atoms with E-state index in [4.69, 9.17) is 11.6 Å². The maximum atomic E-state index is 13.0. The molecule has 0 bridgehead atoms. The Balaban J connectivity index is 1.95. The highest BCUT2D eigenvalue weighted by Crippen LogP contribution is 2.20. The summed E-state index contributed by atoms with van der Waals surface area (Å²) >= 11 is 5.60. The second-order valence-corrected chi connectivity index (χ2v) is 7.21. The first-order chi connectivity index (χ1) is 9.40. The molecule has 1 fully saturated rings. The number of halogens is 2. The largest absolute Gasteiger partial charge is 0.303 e. The third-order valence-corrected chi connectivity index (χ3v) is 5.39. The number of sulfonamides is 1. The highest BCUT2D eigenvalue weighted by Gasteiger charge is 2.21. The first-order valence-corrected chi connectivity index (χ1v) is 8.41. The van der Waals surface area contributed by atoms with Gasteiger partial charge in [0.2, 0.25) is 10.0 Å². The van der Waals surface area contributed by atoms with Crippen molar-refractivity contribution in [2.45, 2.75) is 30.2 Å². The van der Waals surface area contributed by atoms with Gasteiger partial charge in [-0.3, -0.25) is 0 Å². The summed E-state index contributed by atoms with van der Waals surface area (Å²) in [7, 11) is -1.58. The molecule has 1 heterocycles. The number of nitrogens with one attached hydrogen (secondary N) is 1. The van der Waals surface area contributed by atoms with Crippen LogP contribution in [0.5, 0.6) is 0 Å². The van der Waals surface area contributed by atoms with Gasteiger partial charge in [-0.05, 0) is 51.1 Å². The highest BCUT2D eigenvalue weighted by molar-refractivity contribution is 7.89. The van der Waals surface area contributed by atoms with E-state index in [1.54, 1.807) is 0 Å². The first kappa shape index (κ1) is 15.7. The van der Waals surface area contributed by atoms with Crippen LogP contribution >= 0.6 is 11.6 Å². The van der Waals surface area contributed by atoms with Crippen molar-refractivity contribution < 1.29 is 12.8 Å². The number of benzene rings is 1. The smallest absolute Gasteiger partial charge is 0.240 e. The Kier molecular flexibility index (Phi) is 5.01. The molecule has 0 aromatic heterocycles. The lowest BCUT2D eigenvalue weighted by Crippen LogP contribution is -2.31. The monoisotopic (exact) mass is 320 g/mol. The molecule has 0 radical (unpaired) electrons. The topological polar surface area (TPSA) is 49.4 Å². The molecule has 1 aromatic carbocycles. The summed E-state index contributed by atoms with van der Waals surface area (Å²) in [5.41, 5.74) is 0. The molecule has 1 saturated heterocycles. The van der Waals surface area contributed by atoms with Crippen LogP contribution in [-0.2, 0) is 10.0 Å². The third-order valence-electron chi connectivity index (χ3n) is 3.64. The standard InChI is InChI=1S/C13H18ClFN2O2S/c1-17-8-2-3-10(17)6-7-16-20(18,19)11-4-5-13(15)12(14)9-11/h4-5,9-10,16H,2-3,6-8H2,1H3. The molecule has 4 nitrogen and oxygen atoms in total. The van der Waals surface area contributed by atoms with Gasteiger partial charge >= 0.3 is 0 Å². The van der Waals surface area contributed by atoms with Crippen LogP contribution in [0.25, 0.3) is 0 Å². The predicted molar refractivity (Wildman–Crippen MR) is 76.9 cm³/mol. The fourth-order valence-corrected chi connectivity index (χ4v) is 3.75. The van der Waals surface area contributed by atoms with Crippen molar-refractivity contribution in [1.82, 2.24) is 9.62 Å². The minimum Gasteiger partial charge on any atom is -0.303 e. The van der Waals surface area contributed by atoms with Gasteiger partial charge in [-0.15, -0.1) is 0 Å². The van der Waals surface area contributed by atoms with Gasteiger partial charge in [-0.1, -0.05) is 11.6 Å². The Morgan fingerprint density at radius 2 is 2.25 bits per heavy atom. The SMILES string of the molecule is CN1CCCC1CCNS(=O)(=O)c1ccc(F)c(Cl)c1. The van der Waals surface area contributed by atoms with Crippen molar-refractivity contribution in [2.75, 3.05) is 20.1 Å². The van der Waals surface area contributed by atoms with Gasteiger partial charge in [0.05, 0.1) is 9.92 Å². The Morgan fingerprint density at radius 3 is 2.85 bits per heavy atom. The van der Waals surface area contributed by atoms with Crippen LogP contribution in [0.1, 0.15) is 19.3 Å². The molecule has 1 unspecified atom stereocenters. The summed E-state index contributed by atoms with van der Waals surface area (Å²) in [6.45, 7) is 1.43. The van der Waals surface area contributed by atoms with E-state index in [-0.39, 0.29) is 9.92 Å². The molecule has 1 aliphatic rings. The molecule has 0 amide bonds. The van der Waals surface area contributed by atoms with E-state index in [9.17, 15) is 12.8 Å². The summed E-state index contributed by atoms with van der Waals surface area (Å²) in [6, 6.07) is 3.82. The highest BCUT2D eigenvalue weighted by atomic mass is 35.5. The van der Waals surface area contributed by atoms with E-state index in [2.05, 4.69) is 9.62 Å². The summed E-state index contributed by atoms with van der Waals surface area (Å²) in [6.07, 6.45) is 3.02. The van der Waals surface area contributed by atoms with E-state index in [1.807, 2.05) is 7.05 Å². The van der Waals surface area contributed by atoms with Crippen LogP contribution in [0.15, 0.2) is 23.1 Å². The molecule has 112 valence electrons. The van der Waals surface area contributed by atoms with Gasteiger partial charge < -0.3 is 4.90 Å². The van der Waals surface area contributed by atoms with Crippen molar-refractivity contribution in [2.24, 2.45) is 0 Å². The average molecular weight is 321 g/mol. The van der Waals surface area contributed by atoms with Crippen LogP contribution < -0.4 is 4.72 Å². The number of hydrogen-bond donors (Lipinski definition) is 1. The molecule has 1 aromatic rings. The molecule has 0 spiro atoms. The van der Waals surface area contributed by atoms with Crippen LogP contribution in [0, 0.1) is 5.82 Å². The Morgan fingerprint density at radius 1 is 1.50 bits per heavy atom. The summed E-state index contributed by atoms with van der Waals surface area (Å²) in [4.78, 5) is 2.23. The fourth-order valence-electron chi connectivity index (χ4n) is 2.43. The Bertz CT molecular complexity index is 580. The van der Waals surface area contributed by atoms with E-state index in [1.165, 1.54) is 6.07 Å². The van der Waals surface area contributed by atoms with Gasteiger partial charge in [-0.25, -0.2) is 17.5 Å². The van der Waals surface area contributed by atoms with E-state index >= 15 is 0 Å². The minimum atomic E-state index is -3.63. The second kappa shape index (κ2) is 6.39. The van der Waals surface area contributed by atoms with Crippen molar-refractivity contribution in [1.29, 1.82) is 0 Å². The van der Waals surface area contributed by atoms with Gasteiger partial charge in [0.1, 0.15) is 5.82 Å². The maximum absolute atomic E-state index is 13.0. The molecular weight excluding hydrogens is 303 g/mol. The van der Waals surface area contributed by atoms with Crippen LogP contribution in [-0.4, -0.2) is 39.5 Å². The number of rotatable bonds is 5.